The molecule has 11 heteroatoms. The summed E-state index contributed by atoms with van der Waals surface area (Å²) in [4.78, 5) is 52.2. The van der Waals surface area contributed by atoms with Gasteiger partial charge in [-0.3, -0.25) is 24.6 Å². The quantitative estimate of drug-likeness (QED) is 0.365. The Hall–Kier alpha value is -4.25. The summed E-state index contributed by atoms with van der Waals surface area (Å²) >= 11 is 0. The molecule has 2 atom stereocenters. The van der Waals surface area contributed by atoms with Crippen molar-refractivity contribution in [3.63, 3.8) is 0 Å². The molecule has 4 aliphatic heterocycles. The number of aromatic nitrogens is 2. The number of aryl methyl sites for hydroxylation is 2. The highest BCUT2D eigenvalue weighted by atomic mass is 16.2. The molecule has 4 amide bonds. The van der Waals surface area contributed by atoms with E-state index in [0.717, 1.165) is 71.3 Å². The van der Waals surface area contributed by atoms with Crippen LogP contribution >= 0.6 is 0 Å². The first kappa shape index (κ1) is 31.4. The molecule has 0 saturated carbocycles. The molecular formula is C36H46N8O3. The first-order chi connectivity index (χ1) is 22.8. The highest BCUT2D eigenvalue weighted by molar-refractivity contribution is 5.98. The normalized spacial score (nSPS) is 22.7. The molecule has 2 unspecified atom stereocenters. The average molecular weight is 639 g/mol. The number of hydrogen-bond acceptors (Lipinski definition) is 7. The van der Waals surface area contributed by atoms with E-state index in [0.29, 0.717) is 32.0 Å². The van der Waals surface area contributed by atoms with Crippen molar-refractivity contribution in [2.45, 2.75) is 89.3 Å². The maximum absolute atomic E-state index is 14.2. The number of para-hydroxylation sites is 1. The van der Waals surface area contributed by atoms with Gasteiger partial charge in [-0.2, -0.15) is 5.10 Å². The predicted molar refractivity (Wildman–Crippen MR) is 182 cm³/mol. The van der Waals surface area contributed by atoms with Gasteiger partial charge in [0.05, 0.1) is 23.8 Å². The molecule has 0 aliphatic carbocycles. The van der Waals surface area contributed by atoms with E-state index in [1.54, 1.807) is 6.34 Å². The third-order valence-electron chi connectivity index (χ3n) is 10.8. The fraction of sp³-hybridized carbons (Fsp3) is 0.528. The third-order valence-corrected chi connectivity index (χ3v) is 10.8. The van der Waals surface area contributed by atoms with Crippen molar-refractivity contribution in [3.05, 3.63) is 58.8 Å². The number of H-pyrrole nitrogens is 1. The highest BCUT2D eigenvalue weighted by Gasteiger charge is 2.45. The number of nitrogens with zero attached hydrogens (tertiary/aromatic N) is 5. The van der Waals surface area contributed by atoms with Gasteiger partial charge in [-0.25, -0.2) is 4.79 Å². The zero-order valence-corrected chi connectivity index (χ0v) is 27.6. The number of hydrogen-bond donors (Lipinski definition) is 3. The molecule has 1 aromatic heterocycles. The van der Waals surface area contributed by atoms with Gasteiger partial charge in [0, 0.05) is 54.4 Å². The summed E-state index contributed by atoms with van der Waals surface area (Å²) in [7, 11) is 0. The van der Waals surface area contributed by atoms with Crippen LogP contribution in [0.3, 0.4) is 0 Å². The number of carbonyl (C=O) groups excluding carboxylic acids is 3. The van der Waals surface area contributed by atoms with Crippen molar-refractivity contribution in [1.29, 1.82) is 0 Å². The Bertz CT molecular complexity index is 1690. The number of likely N-dealkylation sites (tertiary alicyclic amines) is 3. The molecule has 7 rings (SSSR count). The van der Waals surface area contributed by atoms with Gasteiger partial charge in [-0.1, -0.05) is 37.6 Å². The largest absolute Gasteiger partial charge is 0.346 e. The molecule has 0 radical (unpaired) electrons. The van der Waals surface area contributed by atoms with Crippen LogP contribution in [-0.4, -0.2) is 93.9 Å². The van der Waals surface area contributed by atoms with E-state index in [4.69, 9.17) is 4.99 Å². The summed E-state index contributed by atoms with van der Waals surface area (Å²) < 4.78 is 0. The van der Waals surface area contributed by atoms with Crippen molar-refractivity contribution in [2.75, 3.05) is 38.0 Å². The molecule has 5 heterocycles. The fourth-order valence-electron chi connectivity index (χ4n) is 8.10. The highest BCUT2D eigenvalue weighted by Crippen LogP contribution is 2.42. The van der Waals surface area contributed by atoms with Crippen LogP contribution in [-0.2, 0) is 28.0 Å². The summed E-state index contributed by atoms with van der Waals surface area (Å²) in [6.07, 6.45) is 9.07. The second kappa shape index (κ2) is 13.1. The number of aromatic amines is 1. The summed E-state index contributed by atoms with van der Waals surface area (Å²) in [5.74, 6) is -0.379. The number of fused-ring (bicyclic) bond motifs is 3. The predicted octanol–water partition coefficient (Wildman–Crippen LogP) is 4.50. The molecule has 3 aromatic rings. The number of imide groups is 1. The third kappa shape index (κ3) is 6.13. The van der Waals surface area contributed by atoms with Gasteiger partial charge in [0.1, 0.15) is 6.04 Å². The standard InChI is InChI=1S/C36H46N8O3/c1-3-26-19-25(20-28-24(2)40-41-33(26)28)21-31(34(46)43-16-11-27(12-17-43)42-14-7-4-8-15-42)39-35(47)44-18-13-36(22-32(44)45)29-9-5-6-10-30(29)37-23-38-36/h5-6,9-10,19-20,23,27,31H,3-4,7-8,11-18,21-22H2,1-2H3,(H,37,38)(H,39,47)(H,40,41). The van der Waals surface area contributed by atoms with Gasteiger partial charge in [-0.15, -0.1) is 0 Å². The number of amides is 4. The van der Waals surface area contributed by atoms with E-state index >= 15 is 0 Å². The smallest absolute Gasteiger partial charge is 0.324 e. The summed E-state index contributed by atoms with van der Waals surface area (Å²) in [5.41, 5.74) is 5.17. The van der Waals surface area contributed by atoms with Gasteiger partial charge in [-0.05, 0) is 81.8 Å². The number of anilines is 1. The van der Waals surface area contributed by atoms with Crippen molar-refractivity contribution in [3.8, 4) is 0 Å². The lowest BCUT2D eigenvalue weighted by molar-refractivity contribution is -0.136. The lowest BCUT2D eigenvalue weighted by Gasteiger charge is -2.42. The SMILES string of the molecule is CCc1cc(CC(NC(=O)N2CCC3(CC2=O)N=CNc2ccccc23)C(=O)N2CCC(N3CCCCC3)CC2)cc2c(C)[nH]nc12. The number of benzene rings is 2. The maximum Gasteiger partial charge on any atom is 0.324 e. The summed E-state index contributed by atoms with van der Waals surface area (Å²) in [6, 6.07) is 11.2. The molecule has 3 fully saturated rings. The topological polar surface area (TPSA) is 126 Å². The van der Waals surface area contributed by atoms with Crippen LogP contribution in [0.15, 0.2) is 41.4 Å². The Labute approximate surface area is 276 Å². The van der Waals surface area contributed by atoms with Crippen molar-refractivity contribution >= 4 is 40.8 Å². The fourth-order valence-corrected chi connectivity index (χ4v) is 8.10. The van der Waals surface area contributed by atoms with Crippen LogP contribution < -0.4 is 10.6 Å². The Morgan fingerprint density at radius 3 is 2.62 bits per heavy atom. The van der Waals surface area contributed by atoms with Crippen LogP contribution in [0.4, 0.5) is 10.5 Å². The number of aliphatic imine (C=N–C) groups is 1. The minimum Gasteiger partial charge on any atom is -0.346 e. The van der Waals surface area contributed by atoms with E-state index in [1.807, 2.05) is 36.1 Å². The van der Waals surface area contributed by atoms with Crippen LogP contribution in [0.2, 0.25) is 0 Å². The number of nitrogens with one attached hydrogen (secondary N) is 3. The first-order valence-corrected chi connectivity index (χ1v) is 17.3. The number of carbonyl (C=O) groups is 3. The summed E-state index contributed by atoms with van der Waals surface area (Å²) in [6.45, 7) is 7.94. The maximum atomic E-state index is 14.2. The Morgan fingerprint density at radius 2 is 1.85 bits per heavy atom. The first-order valence-electron chi connectivity index (χ1n) is 17.3. The molecule has 0 bridgehead atoms. The Kier molecular flexibility index (Phi) is 8.74. The van der Waals surface area contributed by atoms with Gasteiger partial charge in [0.2, 0.25) is 11.8 Å². The minimum absolute atomic E-state index is 0.0877. The van der Waals surface area contributed by atoms with Gasteiger partial charge < -0.3 is 20.4 Å². The minimum atomic E-state index is -0.801. The zero-order valence-electron chi connectivity index (χ0n) is 27.6. The number of piperidine rings is 3. The second-order valence-corrected chi connectivity index (χ2v) is 13.7. The van der Waals surface area contributed by atoms with E-state index in [9.17, 15) is 14.4 Å². The molecule has 3 N–H and O–H groups in total. The lowest BCUT2D eigenvalue weighted by Crippen LogP contribution is -2.58. The molecular weight excluding hydrogens is 592 g/mol. The zero-order chi connectivity index (χ0) is 32.5. The molecule has 47 heavy (non-hydrogen) atoms. The molecule has 3 saturated heterocycles. The molecule has 1 spiro atoms. The molecule has 4 aliphatic rings. The van der Waals surface area contributed by atoms with Gasteiger partial charge >= 0.3 is 6.03 Å². The van der Waals surface area contributed by atoms with E-state index in [-0.39, 0.29) is 24.8 Å². The molecule has 2 aromatic carbocycles. The lowest BCUT2D eigenvalue weighted by atomic mass is 9.79. The molecule has 11 nitrogen and oxygen atoms in total. The Balaban J connectivity index is 1.10. The van der Waals surface area contributed by atoms with Crippen molar-refractivity contribution in [1.82, 2.24) is 30.2 Å². The average Bonchev–Trinajstić information content (AvgIpc) is 3.48. The monoisotopic (exact) mass is 638 g/mol. The van der Waals surface area contributed by atoms with E-state index < -0.39 is 17.6 Å². The van der Waals surface area contributed by atoms with Crippen molar-refractivity contribution in [2.24, 2.45) is 4.99 Å². The van der Waals surface area contributed by atoms with Crippen LogP contribution in [0.5, 0.6) is 0 Å². The number of urea groups is 1. The van der Waals surface area contributed by atoms with Crippen LogP contribution in [0, 0.1) is 6.92 Å². The van der Waals surface area contributed by atoms with Crippen LogP contribution in [0.1, 0.15) is 74.3 Å². The van der Waals surface area contributed by atoms with E-state index in [1.165, 1.54) is 24.2 Å². The van der Waals surface area contributed by atoms with Crippen LogP contribution in [0.25, 0.3) is 10.9 Å². The number of rotatable bonds is 6. The molecule has 248 valence electrons. The Morgan fingerprint density at radius 1 is 1.06 bits per heavy atom. The second-order valence-electron chi connectivity index (χ2n) is 13.7. The van der Waals surface area contributed by atoms with Gasteiger partial charge in [0.25, 0.3) is 0 Å². The van der Waals surface area contributed by atoms with Gasteiger partial charge in [0.15, 0.2) is 0 Å². The van der Waals surface area contributed by atoms with E-state index in [2.05, 4.69) is 44.8 Å². The van der Waals surface area contributed by atoms with Crippen molar-refractivity contribution < 1.29 is 14.4 Å². The summed E-state index contributed by atoms with van der Waals surface area (Å²) in [5, 5.41) is 14.8.